The Balaban J connectivity index is 1.43. The second-order valence-corrected chi connectivity index (χ2v) is 18.5. The van der Waals surface area contributed by atoms with Gasteiger partial charge in [-0.1, -0.05) is 81.8 Å². The van der Waals surface area contributed by atoms with Crippen molar-refractivity contribution in [3.63, 3.8) is 0 Å². The molecule has 12 heteroatoms. The molecule has 11 atom stereocenters. The number of hydrogen-bond donors (Lipinski definition) is 1. The lowest BCUT2D eigenvalue weighted by Crippen LogP contribution is -2.80. The number of esters is 3. The third-order valence-electron chi connectivity index (χ3n) is 14.7. The van der Waals surface area contributed by atoms with Gasteiger partial charge in [0.15, 0.2) is 23.3 Å². The van der Waals surface area contributed by atoms with Gasteiger partial charge in [0.1, 0.15) is 29.6 Å². The molecule has 58 heavy (non-hydrogen) atoms. The van der Waals surface area contributed by atoms with Crippen LogP contribution in [0.2, 0.25) is 0 Å². The molecule has 2 aromatic rings. The van der Waals surface area contributed by atoms with Crippen LogP contribution < -0.4 is 0 Å². The smallest absolute Gasteiger partial charge is 0.338 e. The van der Waals surface area contributed by atoms with Crippen LogP contribution in [0.4, 0.5) is 0 Å². The Labute approximate surface area is 340 Å². The van der Waals surface area contributed by atoms with Gasteiger partial charge in [-0.15, -0.1) is 0 Å². The Morgan fingerprint density at radius 1 is 0.914 bits per heavy atom. The van der Waals surface area contributed by atoms with Gasteiger partial charge in [0.2, 0.25) is 0 Å². The molecule has 0 radical (unpaired) electrons. The number of hydrogen-bond acceptors (Lipinski definition) is 12. The number of ketones is 2. The zero-order valence-corrected chi connectivity index (χ0v) is 35.2. The summed E-state index contributed by atoms with van der Waals surface area (Å²) in [6.07, 6.45) is -4.40. The van der Waals surface area contributed by atoms with Crippen LogP contribution in [0.3, 0.4) is 0 Å². The van der Waals surface area contributed by atoms with Crippen molar-refractivity contribution < 1.29 is 52.8 Å². The van der Waals surface area contributed by atoms with E-state index in [0.717, 1.165) is 5.56 Å². The van der Waals surface area contributed by atoms with Crippen molar-refractivity contribution in [3.05, 3.63) is 82.9 Å². The lowest BCUT2D eigenvalue weighted by Gasteiger charge is -2.68. The second kappa shape index (κ2) is 14.5. The third-order valence-corrected chi connectivity index (χ3v) is 14.7. The zero-order chi connectivity index (χ0) is 42.3. The standard InChI is InChI=1S/C46H57NO11/c1-25-21-33-45(24-54-33,57-28(4)49)38-40(56-41(52)30-19-15-12-16-20-30)46(53)23-31(26(2)34(42(46,5)6)37(55-27(3)48)39(51)44(25,38)9)22-32(50)36-35(29-17-13-11-14-18-29)47(10)43(7,8)58-36/h11-20,25,31,33,35-38,40,53H,21-24H2,1-10H3/t25-,31-,33?,35?,36?,37?,38?,40?,44+,45?,46?/m0/s1. The number of allylic oxidation sites excluding steroid dienone is 1. The van der Waals surface area contributed by atoms with Crippen LogP contribution in [-0.4, -0.2) is 94.5 Å². The van der Waals surface area contributed by atoms with E-state index in [4.69, 9.17) is 23.7 Å². The van der Waals surface area contributed by atoms with Gasteiger partial charge in [-0.2, -0.15) is 0 Å². The summed E-state index contributed by atoms with van der Waals surface area (Å²) in [4.78, 5) is 73.0. The van der Waals surface area contributed by atoms with E-state index in [0.29, 0.717) is 17.6 Å². The number of likely N-dealkylation sites (N-methyl/N-ethyl adjacent to an activating group) is 1. The van der Waals surface area contributed by atoms with E-state index in [2.05, 4.69) is 0 Å². The molecule has 7 rings (SSSR count). The quantitative estimate of drug-likeness (QED) is 0.191. The van der Waals surface area contributed by atoms with Crippen molar-refractivity contribution in [2.45, 2.75) is 129 Å². The number of Topliss-reactive ketones (excluding diaryl/α,β-unsaturated/α-hetero) is 2. The summed E-state index contributed by atoms with van der Waals surface area (Å²) in [6.45, 7) is 15.2. The lowest BCUT2D eigenvalue weighted by atomic mass is 9.43. The molecule has 2 aromatic carbocycles. The summed E-state index contributed by atoms with van der Waals surface area (Å²) in [5.74, 6) is -5.14. The van der Waals surface area contributed by atoms with Crippen LogP contribution in [0.15, 0.2) is 71.8 Å². The number of rotatable bonds is 8. The zero-order valence-electron chi connectivity index (χ0n) is 35.2. The summed E-state index contributed by atoms with van der Waals surface area (Å²) in [6, 6.07) is 17.6. The topological polar surface area (TPSA) is 155 Å². The van der Waals surface area contributed by atoms with Gasteiger partial charge in [0.05, 0.1) is 24.1 Å². The van der Waals surface area contributed by atoms with Crippen molar-refractivity contribution in [1.29, 1.82) is 0 Å². The summed E-state index contributed by atoms with van der Waals surface area (Å²) in [7, 11) is 1.92. The van der Waals surface area contributed by atoms with Crippen molar-refractivity contribution in [1.82, 2.24) is 4.90 Å². The fourth-order valence-corrected chi connectivity index (χ4v) is 11.2. The number of carbonyl (C=O) groups is 5. The molecule has 12 nitrogen and oxygen atoms in total. The SMILES string of the molecule is CC(=O)OC1C(=O)[C@@]2(C)C(C(OC(=O)c3ccccc3)C3(O)C[C@H](CC(=O)C4OC(C)(C)N(C)C4c4ccccc4)C(C)=C1C3(C)C)C1(OC(C)=O)COC1C[C@@H]2C. The second-order valence-electron chi connectivity index (χ2n) is 18.5. The Hall–Kier alpha value is -4.23. The predicted octanol–water partition coefficient (Wildman–Crippen LogP) is 5.95. The molecule has 0 aromatic heterocycles. The largest absolute Gasteiger partial charge is 0.455 e. The van der Waals surface area contributed by atoms with Crippen LogP contribution in [0, 0.1) is 28.6 Å². The van der Waals surface area contributed by atoms with Crippen molar-refractivity contribution in [2.24, 2.45) is 28.6 Å². The maximum Gasteiger partial charge on any atom is 0.338 e. The minimum Gasteiger partial charge on any atom is -0.455 e. The number of fused-ring (bicyclic) bond motifs is 5. The highest BCUT2D eigenvalue weighted by Crippen LogP contribution is 2.66. The van der Waals surface area contributed by atoms with Gasteiger partial charge >= 0.3 is 17.9 Å². The first-order chi connectivity index (χ1) is 27.1. The molecule has 5 aliphatic rings. The molecule has 2 heterocycles. The molecule has 0 spiro atoms. The molecule has 4 fully saturated rings. The van der Waals surface area contributed by atoms with Gasteiger partial charge in [-0.05, 0) is 75.8 Å². The van der Waals surface area contributed by atoms with Crippen LogP contribution in [0.25, 0.3) is 0 Å². The highest BCUT2D eigenvalue weighted by Gasteiger charge is 2.77. The summed E-state index contributed by atoms with van der Waals surface area (Å²) in [5, 5.41) is 13.9. The molecule has 1 N–H and O–H groups in total. The molecule has 2 saturated carbocycles. The molecule has 2 aliphatic heterocycles. The first kappa shape index (κ1) is 41.9. The molecule has 8 unspecified atom stereocenters. The maximum atomic E-state index is 15.7. The van der Waals surface area contributed by atoms with Gasteiger partial charge < -0.3 is 28.8 Å². The van der Waals surface area contributed by atoms with E-state index in [1.165, 1.54) is 13.8 Å². The molecule has 2 saturated heterocycles. The molecular weight excluding hydrogens is 743 g/mol. The Kier molecular flexibility index (Phi) is 10.5. The van der Waals surface area contributed by atoms with Crippen LogP contribution in [-0.2, 0) is 42.9 Å². The Morgan fingerprint density at radius 2 is 1.53 bits per heavy atom. The van der Waals surface area contributed by atoms with Crippen molar-refractivity contribution in [3.8, 4) is 0 Å². The average molecular weight is 800 g/mol. The van der Waals surface area contributed by atoms with Gasteiger partial charge in [-0.3, -0.25) is 24.1 Å². The number of aliphatic hydroxyl groups is 1. The summed E-state index contributed by atoms with van der Waals surface area (Å²) >= 11 is 0. The van der Waals surface area contributed by atoms with E-state index in [1.54, 1.807) is 51.1 Å². The molecule has 2 bridgehead atoms. The van der Waals surface area contributed by atoms with Crippen LogP contribution in [0.5, 0.6) is 0 Å². The number of ether oxygens (including phenoxy) is 5. The molecular formula is C46H57NO11. The van der Waals surface area contributed by atoms with Crippen molar-refractivity contribution in [2.75, 3.05) is 13.7 Å². The Bertz CT molecular complexity index is 2030. The predicted molar refractivity (Wildman–Crippen MR) is 211 cm³/mol. The minimum absolute atomic E-state index is 0.0839. The highest BCUT2D eigenvalue weighted by atomic mass is 16.6. The van der Waals surface area contributed by atoms with E-state index >= 15 is 4.79 Å². The molecule has 312 valence electrons. The van der Waals surface area contributed by atoms with E-state index in [9.17, 15) is 24.3 Å². The fourth-order valence-electron chi connectivity index (χ4n) is 11.2. The molecule has 0 amide bonds. The third kappa shape index (κ3) is 6.28. The highest BCUT2D eigenvalue weighted by molar-refractivity contribution is 5.95. The summed E-state index contributed by atoms with van der Waals surface area (Å²) in [5.41, 5.74) is -5.11. The van der Waals surface area contributed by atoms with Gasteiger partial charge in [-0.25, -0.2) is 4.79 Å². The first-order valence-corrected chi connectivity index (χ1v) is 20.3. The average Bonchev–Trinajstić information content (AvgIpc) is 3.41. The monoisotopic (exact) mass is 799 g/mol. The Morgan fingerprint density at radius 3 is 2.10 bits per heavy atom. The maximum absolute atomic E-state index is 15.7. The molecule has 3 aliphatic carbocycles. The van der Waals surface area contributed by atoms with Gasteiger partial charge in [0.25, 0.3) is 0 Å². The van der Waals surface area contributed by atoms with Gasteiger partial charge in [0, 0.05) is 31.1 Å². The summed E-state index contributed by atoms with van der Waals surface area (Å²) < 4.78 is 31.5. The van der Waals surface area contributed by atoms with E-state index in [-0.39, 0.29) is 30.8 Å². The number of carbonyl (C=O) groups excluding carboxylic acids is 5. The minimum atomic E-state index is -2.03. The van der Waals surface area contributed by atoms with Crippen LogP contribution >= 0.6 is 0 Å². The van der Waals surface area contributed by atoms with E-state index in [1.807, 2.05) is 70.0 Å². The first-order valence-electron chi connectivity index (χ1n) is 20.3. The number of nitrogens with zero attached hydrogens (tertiary/aromatic N) is 1. The van der Waals surface area contributed by atoms with Crippen molar-refractivity contribution >= 4 is 29.5 Å². The van der Waals surface area contributed by atoms with E-state index < -0.39 is 99.7 Å². The number of benzene rings is 2. The fraction of sp³-hybridized carbons (Fsp3) is 0.587. The van der Waals surface area contributed by atoms with Crippen LogP contribution in [0.1, 0.15) is 104 Å². The normalized spacial score (nSPS) is 37.6. The lowest BCUT2D eigenvalue weighted by molar-refractivity contribution is -0.340.